The molecule has 1 aliphatic rings. The van der Waals surface area contributed by atoms with Gasteiger partial charge >= 0.3 is 0 Å². The highest BCUT2D eigenvalue weighted by molar-refractivity contribution is 6.00. The molecule has 0 saturated carbocycles. The number of fused-ring (bicyclic) bond motifs is 1. The van der Waals surface area contributed by atoms with Crippen molar-refractivity contribution >= 4 is 23.3 Å². The quantitative estimate of drug-likeness (QED) is 0.717. The maximum Gasteiger partial charge on any atom is 0.274 e. The minimum Gasteiger partial charge on any atom is -0.324 e. The van der Waals surface area contributed by atoms with Gasteiger partial charge in [0.05, 0.1) is 0 Å². The van der Waals surface area contributed by atoms with Gasteiger partial charge < -0.3 is 15.5 Å². The number of nitrogens with zero attached hydrogens (tertiary/aromatic N) is 4. The summed E-state index contributed by atoms with van der Waals surface area (Å²) in [7, 11) is 0. The highest BCUT2D eigenvalue weighted by Crippen LogP contribution is 2.14. The van der Waals surface area contributed by atoms with Crippen LogP contribution in [-0.2, 0) is 4.79 Å². The third kappa shape index (κ3) is 3.49. The third-order valence-corrected chi connectivity index (χ3v) is 4.37. The minimum absolute atomic E-state index is 0.232. The van der Waals surface area contributed by atoms with E-state index in [0.29, 0.717) is 31.1 Å². The van der Waals surface area contributed by atoms with E-state index in [1.807, 2.05) is 0 Å². The molecule has 0 spiro atoms. The van der Waals surface area contributed by atoms with Crippen molar-refractivity contribution < 1.29 is 14.0 Å². The van der Waals surface area contributed by atoms with Gasteiger partial charge in [0, 0.05) is 43.9 Å². The number of piperazine rings is 1. The number of amides is 2. The van der Waals surface area contributed by atoms with E-state index in [2.05, 4.69) is 20.6 Å². The number of carbonyl (C=O) groups is 2. The van der Waals surface area contributed by atoms with Crippen molar-refractivity contribution in [1.29, 1.82) is 0 Å². The molecule has 27 heavy (non-hydrogen) atoms. The molecule has 8 nitrogen and oxygen atoms in total. The summed E-state index contributed by atoms with van der Waals surface area (Å²) in [6.07, 6.45) is 4.95. The fourth-order valence-electron chi connectivity index (χ4n) is 3.02. The Hall–Kier alpha value is -3.33. The molecule has 3 heterocycles. The Morgan fingerprint density at radius 3 is 2.85 bits per heavy atom. The molecule has 2 amide bonds. The SMILES string of the molecule is O=C(Nc1ccc(F)cc1)C1CNCCN1C(=O)c1cn2cccnc2n1. The van der Waals surface area contributed by atoms with E-state index in [1.165, 1.54) is 29.2 Å². The molecule has 2 aromatic heterocycles. The van der Waals surface area contributed by atoms with Gasteiger partial charge in [-0.05, 0) is 30.3 Å². The number of anilines is 1. The second-order valence-electron chi connectivity index (χ2n) is 6.17. The molecule has 1 fully saturated rings. The first-order chi connectivity index (χ1) is 13.1. The van der Waals surface area contributed by atoms with Crippen LogP contribution < -0.4 is 10.6 Å². The van der Waals surface area contributed by atoms with E-state index in [0.717, 1.165) is 0 Å². The van der Waals surface area contributed by atoms with Gasteiger partial charge in [-0.2, -0.15) is 0 Å². The zero-order chi connectivity index (χ0) is 18.8. The molecule has 1 aliphatic heterocycles. The summed E-state index contributed by atoms with van der Waals surface area (Å²) >= 11 is 0. The van der Waals surface area contributed by atoms with Crippen LogP contribution in [0.25, 0.3) is 5.78 Å². The summed E-state index contributed by atoms with van der Waals surface area (Å²) in [5.41, 5.74) is 0.700. The minimum atomic E-state index is -0.700. The van der Waals surface area contributed by atoms with Gasteiger partial charge in [-0.15, -0.1) is 0 Å². The second kappa shape index (κ2) is 7.12. The Kier molecular flexibility index (Phi) is 4.51. The Morgan fingerprint density at radius 2 is 2.07 bits per heavy atom. The molecular weight excluding hydrogens is 351 g/mol. The zero-order valence-corrected chi connectivity index (χ0v) is 14.3. The molecule has 138 valence electrons. The van der Waals surface area contributed by atoms with Crippen molar-refractivity contribution in [3.63, 3.8) is 0 Å². The van der Waals surface area contributed by atoms with Crippen molar-refractivity contribution in [3.05, 3.63) is 60.4 Å². The van der Waals surface area contributed by atoms with Gasteiger partial charge in [0.25, 0.3) is 5.91 Å². The first kappa shape index (κ1) is 17.1. The van der Waals surface area contributed by atoms with Crippen LogP contribution in [0, 0.1) is 5.82 Å². The number of hydrogen-bond donors (Lipinski definition) is 2. The summed E-state index contributed by atoms with van der Waals surface area (Å²) < 4.78 is 14.7. The fourth-order valence-corrected chi connectivity index (χ4v) is 3.02. The number of imidazole rings is 1. The smallest absolute Gasteiger partial charge is 0.274 e. The van der Waals surface area contributed by atoms with Crippen LogP contribution in [0.2, 0.25) is 0 Å². The topological polar surface area (TPSA) is 91.6 Å². The molecule has 1 aromatic carbocycles. The highest BCUT2D eigenvalue weighted by Gasteiger charge is 2.33. The first-order valence-corrected chi connectivity index (χ1v) is 8.50. The molecule has 3 aromatic rings. The standard InChI is InChI=1S/C18H17FN6O2/c19-12-2-4-13(5-3-12)22-16(26)15-10-20-7-9-25(15)17(27)14-11-24-8-1-6-21-18(24)23-14/h1-6,8,11,15,20H,7,9-10H2,(H,22,26). The lowest BCUT2D eigenvalue weighted by Gasteiger charge is -2.34. The average Bonchev–Trinajstić information content (AvgIpc) is 3.13. The van der Waals surface area contributed by atoms with E-state index in [-0.39, 0.29) is 23.3 Å². The summed E-state index contributed by atoms with van der Waals surface area (Å²) in [5.74, 6) is -0.641. The molecule has 1 unspecified atom stereocenters. The van der Waals surface area contributed by atoms with E-state index in [9.17, 15) is 14.0 Å². The number of hydrogen-bond acceptors (Lipinski definition) is 5. The van der Waals surface area contributed by atoms with Gasteiger partial charge in [0.15, 0.2) is 0 Å². The van der Waals surface area contributed by atoms with Crippen molar-refractivity contribution in [3.8, 4) is 0 Å². The van der Waals surface area contributed by atoms with Crippen molar-refractivity contribution in [2.45, 2.75) is 6.04 Å². The lowest BCUT2D eigenvalue weighted by atomic mass is 10.1. The van der Waals surface area contributed by atoms with Crippen LogP contribution in [0.3, 0.4) is 0 Å². The van der Waals surface area contributed by atoms with E-state index >= 15 is 0 Å². The first-order valence-electron chi connectivity index (χ1n) is 8.50. The van der Waals surface area contributed by atoms with Crippen molar-refractivity contribution in [2.24, 2.45) is 0 Å². The van der Waals surface area contributed by atoms with Gasteiger partial charge in [0.1, 0.15) is 17.6 Å². The fraction of sp³-hybridized carbons (Fsp3) is 0.222. The number of carbonyl (C=O) groups excluding carboxylic acids is 2. The monoisotopic (exact) mass is 368 g/mol. The summed E-state index contributed by atoms with van der Waals surface area (Å²) in [5, 5.41) is 5.85. The van der Waals surface area contributed by atoms with E-state index in [1.54, 1.807) is 29.1 Å². The van der Waals surface area contributed by atoms with Gasteiger partial charge in [0.2, 0.25) is 11.7 Å². The Balaban J connectivity index is 1.55. The Labute approximate surface area is 154 Å². The van der Waals surface area contributed by atoms with E-state index < -0.39 is 6.04 Å². The van der Waals surface area contributed by atoms with Gasteiger partial charge in [-0.25, -0.2) is 14.4 Å². The average molecular weight is 368 g/mol. The molecule has 4 rings (SSSR count). The van der Waals surface area contributed by atoms with Crippen LogP contribution in [0.1, 0.15) is 10.5 Å². The lowest BCUT2D eigenvalue weighted by molar-refractivity contribution is -0.121. The molecule has 0 bridgehead atoms. The number of benzene rings is 1. The number of rotatable bonds is 3. The maximum atomic E-state index is 13.0. The highest BCUT2D eigenvalue weighted by atomic mass is 19.1. The van der Waals surface area contributed by atoms with Crippen LogP contribution in [-0.4, -0.2) is 56.8 Å². The molecule has 0 radical (unpaired) electrons. The normalized spacial score (nSPS) is 17.1. The van der Waals surface area contributed by atoms with Crippen molar-refractivity contribution in [1.82, 2.24) is 24.6 Å². The van der Waals surface area contributed by atoms with Gasteiger partial charge in [-0.3, -0.25) is 14.0 Å². The largest absolute Gasteiger partial charge is 0.324 e. The lowest BCUT2D eigenvalue weighted by Crippen LogP contribution is -2.58. The molecular formula is C18H17FN6O2. The molecule has 1 saturated heterocycles. The number of halogens is 1. The molecule has 2 N–H and O–H groups in total. The predicted octanol–water partition coefficient (Wildman–Crippen LogP) is 0.921. The van der Waals surface area contributed by atoms with Crippen LogP contribution >= 0.6 is 0 Å². The van der Waals surface area contributed by atoms with Crippen LogP contribution in [0.4, 0.5) is 10.1 Å². The molecule has 0 aliphatic carbocycles. The summed E-state index contributed by atoms with van der Waals surface area (Å²) in [6, 6.07) is 6.52. The zero-order valence-electron chi connectivity index (χ0n) is 14.3. The second-order valence-corrected chi connectivity index (χ2v) is 6.17. The van der Waals surface area contributed by atoms with Crippen molar-refractivity contribution in [2.75, 3.05) is 25.0 Å². The van der Waals surface area contributed by atoms with Gasteiger partial charge in [-0.1, -0.05) is 0 Å². The van der Waals surface area contributed by atoms with Crippen LogP contribution in [0.5, 0.6) is 0 Å². The summed E-state index contributed by atoms with van der Waals surface area (Å²) in [6.45, 7) is 1.28. The Morgan fingerprint density at radius 1 is 1.26 bits per heavy atom. The maximum absolute atomic E-state index is 13.0. The van der Waals surface area contributed by atoms with E-state index in [4.69, 9.17) is 0 Å². The molecule has 9 heteroatoms. The number of aromatic nitrogens is 3. The summed E-state index contributed by atoms with van der Waals surface area (Å²) in [4.78, 5) is 35.5. The predicted molar refractivity (Wildman–Crippen MR) is 95.7 cm³/mol. The van der Waals surface area contributed by atoms with Crippen LogP contribution in [0.15, 0.2) is 48.9 Å². The Bertz CT molecular complexity index is 954. The third-order valence-electron chi connectivity index (χ3n) is 4.37. The number of nitrogens with one attached hydrogen (secondary N) is 2. The molecule has 1 atom stereocenters.